The number of rotatable bonds is 6. The van der Waals surface area contributed by atoms with Gasteiger partial charge >= 0.3 is 0 Å². The van der Waals surface area contributed by atoms with Crippen LogP contribution in [0.5, 0.6) is 0 Å². The second kappa shape index (κ2) is 15.8. The molecule has 0 radical (unpaired) electrons. The van der Waals surface area contributed by atoms with E-state index in [2.05, 4.69) is 255 Å². The highest BCUT2D eigenvalue weighted by Gasteiger charge is 2.50. The molecule has 2 aliphatic carbocycles. The Labute approximate surface area is 391 Å². The highest BCUT2D eigenvalue weighted by atomic mass is 14.9. The Morgan fingerprint density at radius 1 is 0.224 bits per heavy atom. The van der Waals surface area contributed by atoms with Crippen LogP contribution in [0.3, 0.4) is 0 Å². The van der Waals surface area contributed by atoms with Crippen molar-refractivity contribution in [2.45, 2.75) is 5.41 Å². The summed E-state index contributed by atoms with van der Waals surface area (Å²) in [6.45, 7) is 0. The summed E-state index contributed by atoms with van der Waals surface area (Å²) in [6, 6.07) is 92.5. The molecule has 0 unspecified atom stereocenters. The van der Waals surface area contributed by atoms with Crippen molar-refractivity contribution in [3.05, 3.63) is 277 Å². The van der Waals surface area contributed by atoms with E-state index in [1.165, 1.54) is 50.1 Å². The van der Waals surface area contributed by atoms with Gasteiger partial charge in [0.2, 0.25) is 0 Å². The Morgan fingerprint density at radius 3 is 1.18 bits per heavy atom. The van der Waals surface area contributed by atoms with Crippen LogP contribution in [0.4, 0.5) is 0 Å². The molecule has 312 valence electrons. The third-order valence-corrected chi connectivity index (χ3v) is 13.9. The average Bonchev–Trinajstić information content (AvgIpc) is 3.66. The van der Waals surface area contributed by atoms with Gasteiger partial charge in [0.15, 0.2) is 5.82 Å². The number of benzene rings is 10. The fourth-order valence-electron chi connectivity index (χ4n) is 11.1. The molecule has 0 saturated heterocycles. The average molecular weight is 851 g/mol. The molecule has 67 heavy (non-hydrogen) atoms. The molecule has 13 rings (SSSR count). The van der Waals surface area contributed by atoms with Crippen molar-refractivity contribution >= 4 is 0 Å². The van der Waals surface area contributed by atoms with Gasteiger partial charge in [0.05, 0.1) is 16.8 Å². The standard InChI is InChI=1S/C65H42N2/c1-4-21-43(22-5-1)46-39-47(44-23-6-2-7-24-44)41-48(40-46)61-42-62(54-32-13-10-27-49(54)45-25-8-3-9-26-45)67-64(66-61)56-34-20-38-60-63(56)55-33-16-19-37-59(55)65(60)57-35-17-14-30-52(57)50-28-11-12-29-51(50)53-31-15-18-36-58(53)65/h1-42H. The van der Waals surface area contributed by atoms with Crippen LogP contribution in [-0.4, -0.2) is 9.97 Å². The summed E-state index contributed by atoms with van der Waals surface area (Å²) in [6.07, 6.45) is 0. The first kappa shape index (κ1) is 38.7. The van der Waals surface area contributed by atoms with E-state index in [1.54, 1.807) is 0 Å². The van der Waals surface area contributed by atoms with Gasteiger partial charge in [-0.25, -0.2) is 9.97 Å². The molecular weight excluding hydrogens is 809 g/mol. The van der Waals surface area contributed by atoms with E-state index in [4.69, 9.17) is 9.97 Å². The molecule has 2 heteroatoms. The van der Waals surface area contributed by atoms with Crippen molar-refractivity contribution < 1.29 is 0 Å². The van der Waals surface area contributed by atoms with Crippen molar-refractivity contribution in [1.82, 2.24) is 9.97 Å². The first-order chi connectivity index (χ1) is 33.2. The Bertz CT molecular complexity index is 3560. The Balaban J connectivity index is 1.11. The number of nitrogens with zero attached hydrogens (tertiary/aromatic N) is 2. The molecule has 0 N–H and O–H groups in total. The highest BCUT2D eigenvalue weighted by Crippen LogP contribution is 2.62. The molecule has 1 spiro atoms. The van der Waals surface area contributed by atoms with Gasteiger partial charge in [-0.15, -0.1) is 0 Å². The van der Waals surface area contributed by atoms with Gasteiger partial charge in [0.25, 0.3) is 0 Å². The van der Waals surface area contributed by atoms with Crippen molar-refractivity contribution in [2.75, 3.05) is 0 Å². The molecular formula is C65H42N2. The molecule has 0 aliphatic heterocycles. The van der Waals surface area contributed by atoms with Gasteiger partial charge in [-0.2, -0.15) is 0 Å². The fourth-order valence-corrected chi connectivity index (χ4v) is 11.1. The molecule has 0 fully saturated rings. The van der Waals surface area contributed by atoms with Gasteiger partial charge in [-0.05, 0) is 113 Å². The summed E-state index contributed by atoms with van der Waals surface area (Å²) in [7, 11) is 0. The van der Waals surface area contributed by atoms with Crippen LogP contribution in [0.25, 0.3) is 101 Å². The van der Waals surface area contributed by atoms with Crippen LogP contribution in [0.1, 0.15) is 22.3 Å². The summed E-state index contributed by atoms with van der Waals surface area (Å²) < 4.78 is 0. The zero-order chi connectivity index (χ0) is 44.3. The maximum Gasteiger partial charge on any atom is 0.161 e. The van der Waals surface area contributed by atoms with Crippen LogP contribution in [0.15, 0.2) is 255 Å². The number of hydrogen-bond donors (Lipinski definition) is 0. The smallest absolute Gasteiger partial charge is 0.161 e. The first-order valence-corrected chi connectivity index (χ1v) is 23.1. The van der Waals surface area contributed by atoms with E-state index in [1.807, 2.05) is 0 Å². The van der Waals surface area contributed by atoms with E-state index >= 15 is 0 Å². The van der Waals surface area contributed by atoms with Gasteiger partial charge < -0.3 is 0 Å². The van der Waals surface area contributed by atoms with Crippen LogP contribution in [-0.2, 0) is 5.41 Å². The topological polar surface area (TPSA) is 25.8 Å². The van der Waals surface area contributed by atoms with Crippen molar-refractivity contribution in [2.24, 2.45) is 0 Å². The van der Waals surface area contributed by atoms with Gasteiger partial charge in [-0.3, -0.25) is 0 Å². The van der Waals surface area contributed by atoms with Gasteiger partial charge in [-0.1, -0.05) is 231 Å². The minimum atomic E-state index is -0.622. The second-order valence-corrected chi connectivity index (χ2v) is 17.6. The monoisotopic (exact) mass is 850 g/mol. The summed E-state index contributed by atoms with van der Waals surface area (Å²) in [5.74, 6) is 0.684. The molecule has 2 nitrogen and oxygen atoms in total. The molecule has 1 aromatic heterocycles. The van der Waals surface area contributed by atoms with Crippen molar-refractivity contribution in [1.29, 1.82) is 0 Å². The normalized spacial score (nSPS) is 12.6. The molecule has 1 heterocycles. The zero-order valence-corrected chi connectivity index (χ0v) is 36.6. The van der Waals surface area contributed by atoms with Gasteiger partial charge in [0, 0.05) is 16.7 Å². The third-order valence-electron chi connectivity index (χ3n) is 13.9. The molecule has 0 bridgehead atoms. The predicted octanol–water partition coefficient (Wildman–Crippen LogP) is 16.5. The van der Waals surface area contributed by atoms with E-state index in [0.717, 1.165) is 67.0 Å². The summed E-state index contributed by atoms with van der Waals surface area (Å²) in [5, 5.41) is 0. The minimum absolute atomic E-state index is 0.622. The zero-order valence-electron chi connectivity index (χ0n) is 36.6. The largest absolute Gasteiger partial charge is 0.228 e. The maximum atomic E-state index is 5.68. The summed E-state index contributed by atoms with van der Waals surface area (Å²) >= 11 is 0. The van der Waals surface area contributed by atoms with Crippen molar-refractivity contribution in [3.8, 4) is 101 Å². The predicted molar refractivity (Wildman–Crippen MR) is 276 cm³/mol. The lowest BCUT2D eigenvalue weighted by Gasteiger charge is -2.35. The minimum Gasteiger partial charge on any atom is -0.228 e. The molecule has 0 saturated carbocycles. The molecule has 11 aromatic rings. The summed E-state index contributed by atoms with van der Waals surface area (Å²) in [5.41, 5.74) is 23.4. The Morgan fingerprint density at radius 2 is 0.612 bits per heavy atom. The Kier molecular flexibility index (Phi) is 9.11. The summed E-state index contributed by atoms with van der Waals surface area (Å²) in [4.78, 5) is 11.3. The van der Waals surface area contributed by atoms with E-state index in [-0.39, 0.29) is 0 Å². The Hall–Kier alpha value is -8.72. The number of hydrogen-bond acceptors (Lipinski definition) is 2. The van der Waals surface area contributed by atoms with Crippen LogP contribution < -0.4 is 0 Å². The second-order valence-electron chi connectivity index (χ2n) is 17.6. The van der Waals surface area contributed by atoms with Crippen LogP contribution in [0.2, 0.25) is 0 Å². The quantitative estimate of drug-likeness (QED) is 0.167. The molecule has 0 atom stereocenters. The lowest BCUT2D eigenvalue weighted by atomic mass is 9.66. The van der Waals surface area contributed by atoms with Crippen LogP contribution in [0, 0.1) is 0 Å². The van der Waals surface area contributed by atoms with Gasteiger partial charge in [0.1, 0.15) is 0 Å². The third kappa shape index (κ3) is 6.18. The van der Waals surface area contributed by atoms with E-state index < -0.39 is 5.41 Å². The molecule has 0 amide bonds. The molecule has 10 aromatic carbocycles. The highest BCUT2D eigenvalue weighted by molar-refractivity contribution is 6.00. The van der Waals surface area contributed by atoms with Crippen LogP contribution >= 0.6 is 0 Å². The lowest BCUT2D eigenvalue weighted by Crippen LogP contribution is -2.29. The van der Waals surface area contributed by atoms with E-state index in [9.17, 15) is 0 Å². The van der Waals surface area contributed by atoms with E-state index in [0.29, 0.717) is 5.82 Å². The number of fused-ring (bicyclic) bond motifs is 12. The number of aromatic nitrogens is 2. The first-order valence-electron chi connectivity index (χ1n) is 23.1. The lowest BCUT2D eigenvalue weighted by molar-refractivity contribution is 0.775. The maximum absolute atomic E-state index is 5.68. The SMILES string of the molecule is c1ccc(-c2cc(-c3ccccc3)cc(-c3cc(-c4ccccc4-c4ccccc4)nc(-c4cccc5c4-c4ccccc4C54c5ccccc5-c5ccccc5-c5ccccc54)n3)c2)cc1. The molecule has 2 aliphatic rings. The fraction of sp³-hybridized carbons (Fsp3) is 0.0154. The van der Waals surface area contributed by atoms with Crippen molar-refractivity contribution in [3.63, 3.8) is 0 Å².